The molecular weight excluding hydrogens is 236 g/mol. The number of quaternary nitrogens is 1. The minimum absolute atomic E-state index is 0.452. The van der Waals surface area contributed by atoms with Gasteiger partial charge in [-0.3, -0.25) is 0 Å². The molecule has 0 aromatic heterocycles. The van der Waals surface area contributed by atoms with E-state index in [-0.39, 0.29) is 0 Å². The lowest BCUT2D eigenvalue weighted by Crippen LogP contribution is -3.16. The number of rotatable bonds is 3. The lowest BCUT2D eigenvalue weighted by Gasteiger charge is -2.25. The molecule has 0 bridgehead atoms. The number of halogens is 6. The van der Waals surface area contributed by atoms with E-state index in [4.69, 9.17) is 0 Å². The predicted molar refractivity (Wildman–Crippen MR) is 44.0 cm³/mol. The Kier molecular flexibility index (Phi) is 3.47. The van der Waals surface area contributed by atoms with Crippen molar-refractivity contribution in [3.8, 4) is 0 Å². The summed E-state index contributed by atoms with van der Waals surface area (Å²) < 4.78 is 74.2. The second-order valence-corrected chi connectivity index (χ2v) is 3.05. The fourth-order valence-electron chi connectivity index (χ4n) is 1.15. The van der Waals surface area contributed by atoms with Crippen molar-refractivity contribution in [2.45, 2.75) is 12.2 Å². The average molecular weight is 244 g/mol. The van der Waals surface area contributed by atoms with Gasteiger partial charge in [0, 0.05) is 0 Å². The van der Waals surface area contributed by atoms with Crippen molar-refractivity contribution in [1.82, 2.24) is 0 Å². The van der Waals surface area contributed by atoms with Gasteiger partial charge in [0.15, 0.2) is 0 Å². The van der Waals surface area contributed by atoms with Gasteiger partial charge >= 0.3 is 12.2 Å². The number of nitrogens with one attached hydrogen (secondary N) is 1. The molecule has 1 N–H and O–H groups in total. The average Bonchev–Trinajstić information content (AvgIpc) is 2.18. The predicted octanol–water partition coefficient (Wildman–Crippen LogP) is 2.29. The van der Waals surface area contributed by atoms with Gasteiger partial charge in [-0.05, 0) is 12.1 Å². The zero-order chi connectivity index (χ0) is 12.4. The van der Waals surface area contributed by atoms with E-state index in [1.165, 1.54) is 18.2 Å². The highest BCUT2D eigenvalue weighted by molar-refractivity contribution is 5.28. The summed E-state index contributed by atoms with van der Waals surface area (Å²) in [5.74, 6) is 0. The molecule has 0 aliphatic rings. The summed E-state index contributed by atoms with van der Waals surface area (Å²) in [5, 5.41) is 0. The number of hydrogen-bond donors (Lipinski definition) is 1. The molecular formula is C9H8F6N+. The molecule has 0 fully saturated rings. The van der Waals surface area contributed by atoms with Gasteiger partial charge in [0.1, 0.15) is 5.69 Å². The summed E-state index contributed by atoms with van der Waals surface area (Å²) in [5.41, 5.74) is -0.452. The van der Waals surface area contributed by atoms with E-state index in [2.05, 4.69) is 0 Å². The molecule has 1 atom stereocenters. The highest BCUT2D eigenvalue weighted by atomic mass is 19.4. The van der Waals surface area contributed by atoms with Crippen molar-refractivity contribution in [3.63, 3.8) is 0 Å². The lowest BCUT2D eigenvalue weighted by molar-refractivity contribution is -0.960. The van der Waals surface area contributed by atoms with Crippen LogP contribution in [0.5, 0.6) is 0 Å². The third-order valence-corrected chi connectivity index (χ3v) is 1.99. The van der Waals surface area contributed by atoms with E-state index < -0.39 is 29.6 Å². The summed E-state index contributed by atoms with van der Waals surface area (Å²) in [6.45, 7) is -1.85. The third kappa shape index (κ3) is 2.29. The Labute approximate surface area is 87.3 Å². The van der Waals surface area contributed by atoms with E-state index in [1.54, 1.807) is 0 Å². The molecule has 7 heteroatoms. The quantitative estimate of drug-likeness (QED) is 0.614. The van der Waals surface area contributed by atoms with Crippen LogP contribution in [0, 0.1) is 0 Å². The number of para-hydroxylation sites is 1. The maximum Gasteiger partial charge on any atom is 0.515 e. The minimum atomic E-state index is -5.79. The molecule has 1 aromatic carbocycles. The first kappa shape index (κ1) is 12.8. The molecule has 0 spiro atoms. The first-order valence-electron chi connectivity index (χ1n) is 4.23. The van der Waals surface area contributed by atoms with Crippen LogP contribution in [0.1, 0.15) is 0 Å². The van der Waals surface area contributed by atoms with Crippen LogP contribution >= 0.6 is 0 Å². The maximum absolute atomic E-state index is 12.9. The fourth-order valence-corrected chi connectivity index (χ4v) is 1.15. The van der Waals surface area contributed by atoms with Gasteiger partial charge in [-0.1, -0.05) is 18.2 Å². The molecule has 0 saturated carbocycles. The molecule has 0 aliphatic carbocycles. The largest absolute Gasteiger partial charge is 0.515 e. The van der Waals surface area contributed by atoms with Crippen molar-refractivity contribution in [2.24, 2.45) is 0 Å². The van der Waals surface area contributed by atoms with Crippen LogP contribution in [0.3, 0.4) is 0 Å². The van der Waals surface area contributed by atoms with E-state index in [0.29, 0.717) is 0 Å². The van der Waals surface area contributed by atoms with Crippen molar-refractivity contribution in [2.75, 3.05) is 6.80 Å². The molecule has 1 unspecified atom stereocenters. The molecule has 0 heterocycles. The second-order valence-electron chi connectivity index (χ2n) is 3.05. The van der Waals surface area contributed by atoms with E-state index in [0.717, 1.165) is 12.1 Å². The Morgan fingerprint density at radius 2 is 1.44 bits per heavy atom. The van der Waals surface area contributed by atoms with Gasteiger partial charge < -0.3 is 0 Å². The lowest BCUT2D eigenvalue weighted by atomic mass is 10.3. The summed E-state index contributed by atoms with van der Waals surface area (Å²) in [6.07, 6.45) is -5.79. The molecule has 0 saturated heterocycles. The van der Waals surface area contributed by atoms with Gasteiger partial charge in [-0.25, -0.2) is 4.90 Å². The zero-order valence-electron chi connectivity index (χ0n) is 7.86. The van der Waals surface area contributed by atoms with Crippen LogP contribution in [-0.4, -0.2) is 19.0 Å². The van der Waals surface area contributed by atoms with Gasteiger partial charge in [0.05, 0.1) is 0 Å². The Morgan fingerprint density at radius 3 is 1.81 bits per heavy atom. The number of alkyl halides is 6. The third-order valence-electron chi connectivity index (χ3n) is 1.99. The molecule has 1 nitrogen and oxygen atoms in total. The first-order valence-corrected chi connectivity index (χ1v) is 4.23. The van der Waals surface area contributed by atoms with Gasteiger partial charge in [0.25, 0.3) is 0 Å². The van der Waals surface area contributed by atoms with E-state index >= 15 is 0 Å². The molecule has 0 amide bonds. The van der Waals surface area contributed by atoms with Crippen molar-refractivity contribution < 1.29 is 31.2 Å². The summed E-state index contributed by atoms with van der Waals surface area (Å²) in [4.78, 5) is -1.57. The Hall–Kier alpha value is -1.24. The monoisotopic (exact) mass is 244 g/mol. The first-order chi connectivity index (χ1) is 7.30. The van der Waals surface area contributed by atoms with E-state index in [1.807, 2.05) is 0 Å². The van der Waals surface area contributed by atoms with E-state index in [9.17, 15) is 26.3 Å². The Morgan fingerprint density at radius 1 is 0.938 bits per heavy atom. The van der Waals surface area contributed by atoms with Crippen LogP contribution in [0.15, 0.2) is 30.3 Å². The molecule has 0 radical (unpaired) electrons. The second kappa shape index (κ2) is 4.32. The normalized spacial score (nSPS) is 14.9. The topological polar surface area (TPSA) is 4.44 Å². The fraction of sp³-hybridized carbons (Fsp3) is 0.333. The van der Waals surface area contributed by atoms with Crippen molar-refractivity contribution >= 4 is 5.69 Å². The minimum Gasteiger partial charge on any atom is -0.207 e. The molecule has 16 heavy (non-hydrogen) atoms. The van der Waals surface area contributed by atoms with Crippen molar-refractivity contribution in [1.29, 1.82) is 0 Å². The zero-order valence-corrected chi connectivity index (χ0v) is 7.86. The van der Waals surface area contributed by atoms with Crippen LogP contribution < -0.4 is 4.90 Å². The smallest absolute Gasteiger partial charge is 0.207 e. The highest BCUT2D eigenvalue weighted by Crippen LogP contribution is 2.31. The summed E-state index contributed by atoms with van der Waals surface area (Å²) in [6, 6.07) is 0.826. The molecule has 1 aromatic rings. The van der Waals surface area contributed by atoms with Gasteiger partial charge in [0.2, 0.25) is 6.80 Å². The maximum atomic E-state index is 12.9. The van der Waals surface area contributed by atoms with Crippen LogP contribution in [0.25, 0.3) is 0 Å². The standard InChI is InChI=1S/C9H7F6N/c10-6-16(7-4-2-1-3-5-7)9(14,15)8(11,12)13/h1-5H,6H2/p+1. The number of benzene rings is 1. The van der Waals surface area contributed by atoms with Gasteiger partial charge in [-0.2, -0.15) is 17.6 Å². The van der Waals surface area contributed by atoms with Crippen LogP contribution in [0.4, 0.5) is 32.0 Å². The number of hydrogen-bond acceptors (Lipinski definition) is 0. The van der Waals surface area contributed by atoms with Crippen LogP contribution in [0.2, 0.25) is 0 Å². The highest BCUT2D eigenvalue weighted by Gasteiger charge is 2.67. The SMILES string of the molecule is FC[NH+](c1ccccc1)C(F)(F)C(F)(F)F. The molecule has 0 aliphatic heterocycles. The molecule has 1 rings (SSSR count). The van der Waals surface area contributed by atoms with Gasteiger partial charge in [-0.15, -0.1) is 8.78 Å². The summed E-state index contributed by atoms with van der Waals surface area (Å²) >= 11 is 0. The van der Waals surface area contributed by atoms with Crippen molar-refractivity contribution in [3.05, 3.63) is 30.3 Å². The van der Waals surface area contributed by atoms with Crippen LogP contribution in [-0.2, 0) is 0 Å². The Balaban J connectivity index is 3.09. The Bertz CT molecular complexity index is 334. The summed E-state index contributed by atoms with van der Waals surface area (Å²) in [7, 11) is 0. The molecule has 90 valence electrons.